The average Bonchev–Trinajstić information content (AvgIpc) is 2.83. The standard InChI is InChI=1S/C11H11N5/c12-7-9-3-1-2-4-10(9)13-6-5-11-14-8-15-16-11/h1-4,8,13H,5-6H2,(H,14,15,16). The number of aromatic nitrogens is 3. The minimum absolute atomic E-state index is 0.653. The van der Waals surface area contributed by atoms with E-state index in [0.29, 0.717) is 12.1 Å². The number of para-hydroxylation sites is 1. The van der Waals surface area contributed by atoms with E-state index in [1.54, 1.807) is 6.07 Å². The molecule has 0 bridgehead atoms. The average molecular weight is 213 g/mol. The zero-order chi connectivity index (χ0) is 11.2. The zero-order valence-corrected chi connectivity index (χ0v) is 8.64. The fraction of sp³-hybridized carbons (Fsp3) is 0.182. The Labute approximate surface area is 93.1 Å². The number of nitrogens with zero attached hydrogens (tertiary/aromatic N) is 3. The summed E-state index contributed by atoms with van der Waals surface area (Å²) in [5.74, 6) is 0.835. The molecule has 5 nitrogen and oxygen atoms in total. The summed E-state index contributed by atoms with van der Waals surface area (Å²) in [6.07, 6.45) is 2.23. The molecule has 2 N–H and O–H groups in total. The van der Waals surface area contributed by atoms with Crippen LogP contribution in [0.15, 0.2) is 30.6 Å². The van der Waals surface area contributed by atoms with E-state index < -0.39 is 0 Å². The third-order valence-electron chi connectivity index (χ3n) is 2.19. The lowest BCUT2D eigenvalue weighted by molar-refractivity contribution is 0.901. The summed E-state index contributed by atoms with van der Waals surface area (Å²) in [5, 5.41) is 18.6. The Bertz CT molecular complexity index is 483. The van der Waals surface area contributed by atoms with E-state index >= 15 is 0 Å². The first kappa shape index (κ1) is 10.2. The van der Waals surface area contributed by atoms with Crippen LogP contribution in [0.2, 0.25) is 0 Å². The first-order valence-corrected chi connectivity index (χ1v) is 4.97. The summed E-state index contributed by atoms with van der Waals surface area (Å²) in [6, 6.07) is 9.57. The number of nitrogens with one attached hydrogen (secondary N) is 2. The van der Waals surface area contributed by atoms with Gasteiger partial charge in [0.1, 0.15) is 18.2 Å². The lowest BCUT2D eigenvalue weighted by atomic mass is 10.2. The summed E-state index contributed by atoms with van der Waals surface area (Å²) in [7, 11) is 0. The second-order valence-electron chi connectivity index (χ2n) is 3.27. The molecule has 0 aliphatic rings. The summed E-state index contributed by atoms with van der Waals surface area (Å²) < 4.78 is 0. The number of hydrogen-bond acceptors (Lipinski definition) is 4. The van der Waals surface area contributed by atoms with Gasteiger partial charge < -0.3 is 5.32 Å². The molecule has 0 saturated carbocycles. The van der Waals surface area contributed by atoms with Gasteiger partial charge in [-0.05, 0) is 12.1 Å². The quantitative estimate of drug-likeness (QED) is 0.803. The van der Waals surface area contributed by atoms with E-state index in [9.17, 15) is 0 Å². The van der Waals surface area contributed by atoms with Crippen molar-refractivity contribution < 1.29 is 0 Å². The van der Waals surface area contributed by atoms with Gasteiger partial charge in [0.2, 0.25) is 0 Å². The highest BCUT2D eigenvalue weighted by Crippen LogP contribution is 2.12. The van der Waals surface area contributed by atoms with Crippen LogP contribution in [0.25, 0.3) is 0 Å². The summed E-state index contributed by atoms with van der Waals surface area (Å²) in [4.78, 5) is 4.02. The molecule has 0 spiro atoms. The molecular formula is C11H11N5. The summed E-state index contributed by atoms with van der Waals surface area (Å²) in [5.41, 5.74) is 1.50. The monoisotopic (exact) mass is 213 g/mol. The van der Waals surface area contributed by atoms with Gasteiger partial charge >= 0.3 is 0 Å². The molecule has 1 aromatic carbocycles. The van der Waals surface area contributed by atoms with Gasteiger partial charge in [0, 0.05) is 13.0 Å². The van der Waals surface area contributed by atoms with Crippen molar-refractivity contribution in [2.45, 2.75) is 6.42 Å². The zero-order valence-electron chi connectivity index (χ0n) is 8.64. The lowest BCUT2D eigenvalue weighted by Crippen LogP contribution is -2.07. The minimum atomic E-state index is 0.653. The van der Waals surface area contributed by atoms with Crippen LogP contribution in [0, 0.1) is 11.3 Å². The van der Waals surface area contributed by atoms with Crippen LogP contribution in [0.1, 0.15) is 11.4 Å². The Morgan fingerprint density at radius 3 is 3.00 bits per heavy atom. The molecule has 0 saturated heterocycles. The molecule has 0 fully saturated rings. The van der Waals surface area contributed by atoms with Gasteiger partial charge in [0.25, 0.3) is 0 Å². The SMILES string of the molecule is N#Cc1ccccc1NCCc1ncn[nH]1. The fourth-order valence-corrected chi connectivity index (χ4v) is 1.40. The third kappa shape index (κ3) is 2.36. The van der Waals surface area contributed by atoms with Gasteiger partial charge in [-0.1, -0.05) is 12.1 Å². The molecule has 0 aliphatic carbocycles. The molecular weight excluding hydrogens is 202 g/mol. The lowest BCUT2D eigenvalue weighted by Gasteiger charge is -2.06. The summed E-state index contributed by atoms with van der Waals surface area (Å²) in [6.45, 7) is 0.716. The Hall–Kier alpha value is -2.35. The predicted molar refractivity (Wildman–Crippen MR) is 59.7 cm³/mol. The highest BCUT2D eigenvalue weighted by molar-refractivity contribution is 5.57. The van der Waals surface area contributed by atoms with Crippen molar-refractivity contribution in [1.29, 1.82) is 5.26 Å². The molecule has 0 aliphatic heterocycles. The van der Waals surface area contributed by atoms with Crippen molar-refractivity contribution >= 4 is 5.69 Å². The van der Waals surface area contributed by atoms with Crippen molar-refractivity contribution in [1.82, 2.24) is 15.2 Å². The molecule has 16 heavy (non-hydrogen) atoms. The second kappa shape index (κ2) is 4.94. The van der Waals surface area contributed by atoms with E-state index in [1.807, 2.05) is 18.2 Å². The van der Waals surface area contributed by atoms with Crippen LogP contribution in [0.3, 0.4) is 0 Å². The van der Waals surface area contributed by atoms with Gasteiger partial charge in [0.05, 0.1) is 11.3 Å². The molecule has 0 unspecified atom stereocenters. The minimum Gasteiger partial charge on any atom is -0.384 e. The van der Waals surface area contributed by atoms with Gasteiger partial charge in [-0.2, -0.15) is 10.4 Å². The molecule has 5 heteroatoms. The largest absolute Gasteiger partial charge is 0.384 e. The Kier molecular flexibility index (Phi) is 3.14. The van der Waals surface area contributed by atoms with E-state index in [1.165, 1.54) is 6.33 Å². The van der Waals surface area contributed by atoms with Crippen LogP contribution in [0.4, 0.5) is 5.69 Å². The van der Waals surface area contributed by atoms with E-state index in [0.717, 1.165) is 17.9 Å². The first-order chi connectivity index (χ1) is 7.90. The maximum Gasteiger partial charge on any atom is 0.137 e. The highest BCUT2D eigenvalue weighted by Gasteiger charge is 2.00. The van der Waals surface area contributed by atoms with Gasteiger partial charge in [-0.3, -0.25) is 5.10 Å². The molecule has 2 aromatic rings. The van der Waals surface area contributed by atoms with Crippen molar-refractivity contribution in [3.8, 4) is 6.07 Å². The van der Waals surface area contributed by atoms with Crippen molar-refractivity contribution in [3.63, 3.8) is 0 Å². The number of nitriles is 1. The van der Waals surface area contributed by atoms with E-state index in [4.69, 9.17) is 5.26 Å². The molecule has 0 atom stereocenters. The highest BCUT2D eigenvalue weighted by atomic mass is 15.2. The topological polar surface area (TPSA) is 77.4 Å². The van der Waals surface area contributed by atoms with Crippen LogP contribution in [-0.2, 0) is 6.42 Å². The Morgan fingerprint density at radius 2 is 2.25 bits per heavy atom. The third-order valence-corrected chi connectivity index (χ3v) is 2.19. The Balaban J connectivity index is 1.93. The van der Waals surface area contributed by atoms with Crippen LogP contribution >= 0.6 is 0 Å². The number of hydrogen-bond donors (Lipinski definition) is 2. The fourth-order valence-electron chi connectivity index (χ4n) is 1.40. The molecule has 2 rings (SSSR count). The van der Waals surface area contributed by atoms with Crippen LogP contribution < -0.4 is 5.32 Å². The smallest absolute Gasteiger partial charge is 0.137 e. The van der Waals surface area contributed by atoms with Gasteiger partial charge in [-0.15, -0.1) is 0 Å². The van der Waals surface area contributed by atoms with Crippen molar-refractivity contribution in [2.24, 2.45) is 0 Å². The molecule has 0 radical (unpaired) electrons. The second-order valence-corrected chi connectivity index (χ2v) is 3.27. The maximum absolute atomic E-state index is 8.88. The number of benzene rings is 1. The summed E-state index contributed by atoms with van der Waals surface area (Å²) >= 11 is 0. The van der Waals surface area contributed by atoms with Gasteiger partial charge in [-0.25, -0.2) is 4.98 Å². The number of H-pyrrole nitrogens is 1. The predicted octanol–water partition coefficient (Wildman–Crippen LogP) is 1.33. The van der Waals surface area contributed by atoms with Crippen LogP contribution in [-0.4, -0.2) is 21.7 Å². The van der Waals surface area contributed by atoms with E-state index in [2.05, 4.69) is 26.6 Å². The van der Waals surface area contributed by atoms with Crippen molar-refractivity contribution in [2.75, 3.05) is 11.9 Å². The van der Waals surface area contributed by atoms with Crippen molar-refractivity contribution in [3.05, 3.63) is 42.0 Å². The number of rotatable bonds is 4. The number of anilines is 1. The number of aromatic amines is 1. The molecule has 1 heterocycles. The van der Waals surface area contributed by atoms with Crippen LogP contribution in [0.5, 0.6) is 0 Å². The molecule has 0 amide bonds. The maximum atomic E-state index is 8.88. The van der Waals surface area contributed by atoms with E-state index in [-0.39, 0.29) is 0 Å². The Morgan fingerprint density at radius 1 is 1.38 bits per heavy atom. The first-order valence-electron chi connectivity index (χ1n) is 4.97. The molecule has 1 aromatic heterocycles. The van der Waals surface area contributed by atoms with Gasteiger partial charge in [0.15, 0.2) is 0 Å². The normalized spacial score (nSPS) is 9.69. The molecule has 80 valence electrons.